The largest absolute Gasteiger partial charge is 0.508 e. The smallest absolute Gasteiger partial charge is 0.115 e. The zero-order chi connectivity index (χ0) is 14.6. The van der Waals surface area contributed by atoms with Crippen molar-refractivity contribution in [1.29, 1.82) is 0 Å². The summed E-state index contributed by atoms with van der Waals surface area (Å²) in [6.45, 7) is 2.06. The highest BCUT2D eigenvalue weighted by atomic mass is 35.5. The fraction of sp³-hybridized carbons (Fsp3) is 0.294. The Balaban J connectivity index is 2.36. The van der Waals surface area contributed by atoms with Gasteiger partial charge in [-0.25, -0.2) is 0 Å². The van der Waals surface area contributed by atoms with E-state index in [0.29, 0.717) is 18.2 Å². The molecule has 2 aromatic carbocycles. The topological polar surface area (TPSA) is 20.2 Å². The highest BCUT2D eigenvalue weighted by Crippen LogP contribution is 2.32. The van der Waals surface area contributed by atoms with Crippen molar-refractivity contribution in [2.24, 2.45) is 0 Å². The molecule has 0 aliphatic carbocycles. The Morgan fingerprint density at radius 3 is 2.20 bits per heavy atom. The maximum Gasteiger partial charge on any atom is 0.115 e. The van der Waals surface area contributed by atoms with E-state index in [9.17, 15) is 5.11 Å². The zero-order valence-corrected chi connectivity index (χ0v) is 13.0. The Labute approximate surface area is 130 Å². The molecule has 3 heteroatoms. The van der Waals surface area contributed by atoms with Gasteiger partial charge in [0.2, 0.25) is 0 Å². The van der Waals surface area contributed by atoms with Gasteiger partial charge in [-0.2, -0.15) is 0 Å². The van der Waals surface area contributed by atoms with Gasteiger partial charge in [-0.15, -0.1) is 23.2 Å². The summed E-state index contributed by atoms with van der Waals surface area (Å²) in [4.78, 5) is 0. The number of aromatic hydroxyl groups is 1. The molecule has 1 N–H and O–H groups in total. The van der Waals surface area contributed by atoms with Gasteiger partial charge in [0, 0.05) is 17.2 Å². The van der Waals surface area contributed by atoms with E-state index in [1.54, 1.807) is 12.1 Å². The van der Waals surface area contributed by atoms with Gasteiger partial charge in [-0.1, -0.05) is 42.0 Å². The standard InChI is InChI=1S/C17H18Cl2O/c1-13-5-7-15(8-6-13)17(11-18,12-19)10-14-3-2-4-16(20)9-14/h2-9,20H,10-12H2,1H3. The van der Waals surface area contributed by atoms with Gasteiger partial charge in [-0.05, 0) is 36.6 Å². The zero-order valence-electron chi connectivity index (χ0n) is 11.4. The second-order valence-electron chi connectivity index (χ2n) is 5.26. The predicted molar refractivity (Wildman–Crippen MR) is 86.1 cm³/mol. The van der Waals surface area contributed by atoms with Crippen LogP contribution >= 0.6 is 23.2 Å². The van der Waals surface area contributed by atoms with Gasteiger partial charge in [-0.3, -0.25) is 0 Å². The molecule has 106 valence electrons. The van der Waals surface area contributed by atoms with Gasteiger partial charge in [0.25, 0.3) is 0 Å². The molecule has 0 aromatic heterocycles. The third kappa shape index (κ3) is 3.28. The number of hydrogen-bond donors (Lipinski definition) is 1. The number of phenols is 1. The molecular formula is C17H18Cl2O. The Morgan fingerprint density at radius 1 is 1.00 bits per heavy atom. The number of rotatable bonds is 5. The number of halogens is 2. The summed E-state index contributed by atoms with van der Waals surface area (Å²) >= 11 is 12.5. The Hall–Kier alpha value is -1.18. The molecule has 2 aromatic rings. The first kappa shape index (κ1) is 15.2. The van der Waals surface area contributed by atoms with Crippen molar-refractivity contribution in [2.45, 2.75) is 18.8 Å². The molecular weight excluding hydrogens is 291 g/mol. The first-order chi connectivity index (χ1) is 9.59. The summed E-state index contributed by atoms with van der Waals surface area (Å²) in [5, 5.41) is 9.60. The van der Waals surface area contributed by atoms with Crippen molar-refractivity contribution in [3.05, 3.63) is 65.2 Å². The number of aryl methyl sites for hydroxylation is 1. The molecule has 0 heterocycles. The van der Waals surface area contributed by atoms with E-state index in [0.717, 1.165) is 11.1 Å². The molecule has 2 rings (SSSR count). The molecule has 0 saturated carbocycles. The minimum absolute atomic E-state index is 0.268. The van der Waals surface area contributed by atoms with Crippen LogP contribution in [0.2, 0.25) is 0 Å². The van der Waals surface area contributed by atoms with Gasteiger partial charge in [0.15, 0.2) is 0 Å². The maximum absolute atomic E-state index is 9.60. The van der Waals surface area contributed by atoms with E-state index < -0.39 is 0 Å². The number of phenolic OH excluding ortho intramolecular Hbond substituents is 1. The molecule has 1 nitrogen and oxygen atoms in total. The van der Waals surface area contributed by atoms with Crippen LogP contribution in [0.1, 0.15) is 16.7 Å². The third-order valence-electron chi connectivity index (χ3n) is 3.63. The van der Waals surface area contributed by atoms with Crippen molar-refractivity contribution in [3.8, 4) is 5.75 Å². The summed E-state index contributed by atoms with van der Waals surface area (Å²) in [6, 6.07) is 15.6. The van der Waals surface area contributed by atoms with Crippen LogP contribution in [0.4, 0.5) is 0 Å². The monoisotopic (exact) mass is 308 g/mol. The van der Waals surface area contributed by atoms with E-state index in [1.165, 1.54) is 5.56 Å². The lowest BCUT2D eigenvalue weighted by Crippen LogP contribution is -2.33. The van der Waals surface area contributed by atoms with Crippen LogP contribution in [0.25, 0.3) is 0 Å². The molecule has 0 atom stereocenters. The average molecular weight is 309 g/mol. The molecule has 0 spiro atoms. The fourth-order valence-electron chi connectivity index (χ4n) is 2.35. The van der Waals surface area contributed by atoms with Crippen molar-refractivity contribution in [1.82, 2.24) is 0 Å². The second-order valence-corrected chi connectivity index (χ2v) is 5.79. The summed E-state index contributed by atoms with van der Waals surface area (Å²) in [6.07, 6.45) is 0.706. The Morgan fingerprint density at radius 2 is 1.65 bits per heavy atom. The van der Waals surface area contributed by atoms with Crippen LogP contribution < -0.4 is 0 Å². The average Bonchev–Trinajstić information content (AvgIpc) is 2.46. The first-order valence-corrected chi connectivity index (χ1v) is 7.63. The molecule has 0 radical (unpaired) electrons. The van der Waals surface area contributed by atoms with E-state index in [2.05, 4.69) is 31.2 Å². The molecule has 0 unspecified atom stereocenters. The van der Waals surface area contributed by atoms with Crippen molar-refractivity contribution < 1.29 is 5.11 Å². The van der Waals surface area contributed by atoms with Crippen LogP contribution in [-0.4, -0.2) is 16.9 Å². The normalized spacial score (nSPS) is 11.6. The first-order valence-electron chi connectivity index (χ1n) is 6.57. The minimum Gasteiger partial charge on any atom is -0.508 e. The number of alkyl halides is 2. The van der Waals surface area contributed by atoms with Gasteiger partial charge in [0.05, 0.1) is 0 Å². The van der Waals surface area contributed by atoms with Crippen molar-refractivity contribution in [3.63, 3.8) is 0 Å². The highest BCUT2D eigenvalue weighted by Gasteiger charge is 2.31. The fourth-order valence-corrected chi connectivity index (χ4v) is 3.13. The van der Waals surface area contributed by atoms with E-state index in [-0.39, 0.29) is 11.2 Å². The second kappa shape index (κ2) is 6.51. The number of hydrogen-bond acceptors (Lipinski definition) is 1. The van der Waals surface area contributed by atoms with Crippen molar-refractivity contribution >= 4 is 23.2 Å². The SMILES string of the molecule is Cc1ccc(C(CCl)(CCl)Cc2cccc(O)c2)cc1. The molecule has 0 amide bonds. The van der Waals surface area contributed by atoms with Gasteiger partial charge < -0.3 is 5.11 Å². The third-order valence-corrected chi connectivity index (χ3v) is 4.65. The van der Waals surface area contributed by atoms with Gasteiger partial charge >= 0.3 is 0 Å². The highest BCUT2D eigenvalue weighted by molar-refractivity contribution is 6.22. The lowest BCUT2D eigenvalue weighted by atomic mass is 9.78. The van der Waals surface area contributed by atoms with Crippen LogP contribution in [0.3, 0.4) is 0 Å². The summed E-state index contributed by atoms with van der Waals surface area (Å²) in [7, 11) is 0. The lowest BCUT2D eigenvalue weighted by molar-refractivity contribution is 0.472. The summed E-state index contributed by atoms with van der Waals surface area (Å²) in [5.74, 6) is 1.15. The van der Waals surface area contributed by atoms with Crippen LogP contribution in [0.5, 0.6) is 5.75 Å². The number of benzene rings is 2. The van der Waals surface area contributed by atoms with E-state index >= 15 is 0 Å². The van der Waals surface area contributed by atoms with Crippen LogP contribution in [-0.2, 0) is 11.8 Å². The predicted octanol–water partition coefficient (Wildman–Crippen LogP) is 4.66. The Bertz CT molecular complexity index is 559. The van der Waals surface area contributed by atoms with Gasteiger partial charge in [0.1, 0.15) is 5.75 Å². The van der Waals surface area contributed by atoms with E-state index in [1.807, 2.05) is 12.1 Å². The molecule has 20 heavy (non-hydrogen) atoms. The molecule has 0 aliphatic heterocycles. The minimum atomic E-state index is -0.315. The maximum atomic E-state index is 9.60. The molecule has 0 fully saturated rings. The lowest BCUT2D eigenvalue weighted by Gasteiger charge is -2.30. The van der Waals surface area contributed by atoms with Crippen LogP contribution in [0, 0.1) is 6.92 Å². The summed E-state index contributed by atoms with van der Waals surface area (Å²) < 4.78 is 0. The summed E-state index contributed by atoms with van der Waals surface area (Å²) in [5.41, 5.74) is 3.07. The quantitative estimate of drug-likeness (QED) is 0.797. The van der Waals surface area contributed by atoms with E-state index in [4.69, 9.17) is 23.2 Å². The molecule has 0 bridgehead atoms. The molecule has 0 saturated heterocycles. The van der Waals surface area contributed by atoms with Crippen LogP contribution in [0.15, 0.2) is 48.5 Å². The Kier molecular flexibility index (Phi) is 4.95. The van der Waals surface area contributed by atoms with Crippen molar-refractivity contribution in [2.75, 3.05) is 11.8 Å². The molecule has 0 aliphatic rings.